The quantitative estimate of drug-likeness (QED) is 0.183. The van der Waals surface area contributed by atoms with Crippen LogP contribution in [0.2, 0.25) is 0 Å². The Hall–Kier alpha value is -3.75. The van der Waals surface area contributed by atoms with Gasteiger partial charge in [-0.05, 0) is 155 Å². The molecule has 4 bridgehead atoms. The van der Waals surface area contributed by atoms with E-state index < -0.39 is 0 Å². The second kappa shape index (κ2) is 10.9. The van der Waals surface area contributed by atoms with Crippen LogP contribution in [-0.2, 0) is 21.7 Å². The number of nitrogens with zero attached hydrogens (tertiary/aromatic N) is 1. The van der Waals surface area contributed by atoms with Crippen LogP contribution in [0.5, 0.6) is 0 Å². The van der Waals surface area contributed by atoms with E-state index in [9.17, 15) is 0 Å². The van der Waals surface area contributed by atoms with Gasteiger partial charge in [0.15, 0.2) is 0 Å². The minimum Gasteiger partial charge on any atom is -0.310 e. The van der Waals surface area contributed by atoms with Crippen molar-refractivity contribution in [1.82, 2.24) is 0 Å². The normalized spacial score (nSPS) is 28.5. The van der Waals surface area contributed by atoms with Crippen LogP contribution >= 0.6 is 11.8 Å². The van der Waals surface area contributed by atoms with E-state index in [4.69, 9.17) is 0 Å². The van der Waals surface area contributed by atoms with E-state index in [0.717, 1.165) is 11.8 Å². The average molecular weight is 712 g/mol. The summed E-state index contributed by atoms with van der Waals surface area (Å²) in [4.78, 5) is 5.76. The van der Waals surface area contributed by atoms with E-state index in [0.29, 0.717) is 11.8 Å². The van der Waals surface area contributed by atoms with Crippen LogP contribution in [0.3, 0.4) is 0 Å². The molecule has 2 heteroatoms. The van der Waals surface area contributed by atoms with E-state index >= 15 is 0 Å². The van der Waals surface area contributed by atoms with E-state index in [-0.39, 0.29) is 21.7 Å². The van der Waals surface area contributed by atoms with Gasteiger partial charge >= 0.3 is 0 Å². The van der Waals surface area contributed by atoms with Crippen molar-refractivity contribution < 1.29 is 0 Å². The highest BCUT2D eigenvalue weighted by molar-refractivity contribution is 7.99. The van der Waals surface area contributed by atoms with E-state index in [1.54, 1.807) is 16.7 Å². The minimum absolute atomic E-state index is 0.0370. The maximum atomic E-state index is 2.78. The smallest absolute Gasteiger partial charge is 0.0514 e. The van der Waals surface area contributed by atoms with Gasteiger partial charge in [0.2, 0.25) is 0 Å². The minimum atomic E-state index is -0.0709. The molecule has 1 nitrogen and oxygen atoms in total. The van der Waals surface area contributed by atoms with Crippen molar-refractivity contribution in [2.24, 2.45) is 23.7 Å². The number of fused-ring (bicyclic) bond motifs is 6. The Morgan fingerprint density at radius 3 is 1.85 bits per heavy atom. The highest BCUT2D eigenvalue weighted by atomic mass is 32.2. The molecule has 1 spiro atoms. The van der Waals surface area contributed by atoms with Gasteiger partial charge in [0.1, 0.15) is 0 Å². The van der Waals surface area contributed by atoms with Crippen molar-refractivity contribution in [3.05, 3.63) is 137 Å². The molecule has 0 radical (unpaired) electrons. The first-order chi connectivity index (χ1) is 25.5. The lowest BCUT2D eigenvalue weighted by Gasteiger charge is -2.63. The van der Waals surface area contributed by atoms with Gasteiger partial charge in [-0.25, -0.2) is 0 Å². The third-order valence-electron chi connectivity index (χ3n) is 15.5. The van der Waals surface area contributed by atoms with E-state index in [1.165, 1.54) is 99.6 Å². The first-order valence-corrected chi connectivity index (χ1v) is 21.4. The van der Waals surface area contributed by atoms with Crippen LogP contribution in [0, 0.1) is 23.7 Å². The van der Waals surface area contributed by atoms with Gasteiger partial charge in [0.05, 0.1) is 11.4 Å². The Labute approximate surface area is 321 Å². The van der Waals surface area contributed by atoms with Gasteiger partial charge in [0.25, 0.3) is 0 Å². The van der Waals surface area contributed by atoms with Gasteiger partial charge in [0, 0.05) is 31.9 Å². The highest BCUT2D eigenvalue weighted by Crippen LogP contribution is 2.70. The Morgan fingerprint density at radius 1 is 0.509 bits per heavy atom. The molecule has 5 aromatic rings. The molecule has 0 atom stereocenters. The molecule has 1 aliphatic heterocycles. The van der Waals surface area contributed by atoms with Crippen molar-refractivity contribution in [2.75, 3.05) is 4.90 Å². The molecule has 268 valence electrons. The van der Waals surface area contributed by atoms with Crippen molar-refractivity contribution in [3.63, 3.8) is 0 Å². The molecule has 4 saturated carbocycles. The van der Waals surface area contributed by atoms with Gasteiger partial charge < -0.3 is 4.90 Å². The Bertz CT molecular complexity index is 2310. The summed E-state index contributed by atoms with van der Waals surface area (Å²) in [7, 11) is 0. The Morgan fingerprint density at radius 2 is 1.09 bits per heavy atom. The summed E-state index contributed by atoms with van der Waals surface area (Å²) >= 11 is 2.04. The predicted octanol–water partition coefficient (Wildman–Crippen LogP) is 14.0. The lowest BCUT2D eigenvalue weighted by atomic mass is 9.42. The molecule has 7 aliphatic rings. The zero-order valence-electron chi connectivity index (χ0n) is 32.4. The van der Waals surface area contributed by atoms with Crippen molar-refractivity contribution in [2.45, 2.75) is 118 Å². The maximum Gasteiger partial charge on any atom is 0.0514 e. The molecule has 0 unspecified atom stereocenters. The summed E-state index contributed by atoms with van der Waals surface area (Å²) in [5, 5.41) is 0. The summed E-state index contributed by atoms with van der Waals surface area (Å²) in [6, 6.07) is 40.9. The number of hydrogen-bond donors (Lipinski definition) is 0. The number of hydrogen-bond acceptors (Lipinski definition) is 2. The van der Waals surface area contributed by atoms with Crippen molar-refractivity contribution in [3.8, 4) is 11.1 Å². The van der Waals surface area contributed by atoms with Gasteiger partial charge in [-0.3, -0.25) is 0 Å². The Kier molecular flexibility index (Phi) is 6.74. The fraction of sp³-hybridized carbons (Fsp3) is 0.412. The topological polar surface area (TPSA) is 3.24 Å². The molecule has 6 aliphatic carbocycles. The molecule has 4 fully saturated rings. The summed E-state index contributed by atoms with van der Waals surface area (Å²) in [6.45, 7) is 14.8. The molecule has 0 aromatic heterocycles. The fourth-order valence-corrected chi connectivity index (χ4v) is 14.5. The summed E-state index contributed by atoms with van der Waals surface area (Å²) in [5.74, 6) is 3.19. The maximum absolute atomic E-state index is 2.78. The van der Waals surface area contributed by atoms with Crippen LogP contribution in [0.25, 0.3) is 11.1 Å². The molecule has 5 aromatic carbocycles. The molecule has 53 heavy (non-hydrogen) atoms. The Balaban J connectivity index is 1.22. The predicted molar refractivity (Wildman–Crippen MR) is 222 cm³/mol. The SMILES string of the molecule is CC1(C)CCC(C)(C)c2c(N(c3ccc4c(c3)C(C)(C)c3ccccc3-4)c3cccc4c3C3(c5ccccc5S4)C4CC5CC(C4)CC3C5)cccc21. The van der Waals surface area contributed by atoms with Crippen LogP contribution < -0.4 is 4.90 Å². The second-order valence-electron chi connectivity index (χ2n) is 19.6. The van der Waals surface area contributed by atoms with Crippen LogP contribution in [0.15, 0.2) is 113 Å². The summed E-state index contributed by atoms with van der Waals surface area (Å²) < 4.78 is 0. The molecule has 1 heterocycles. The van der Waals surface area contributed by atoms with Crippen LogP contribution in [-0.4, -0.2) is 0 Å². The first kappa shape index (κ1) is 32.7. The van der Waals surface area contributed by atoms with Crippen molar-refractivity contribution in [1.29, 1.82) is 0 Å². The molecular formula is C51H53NS. The largest absolute Gasteiger partial charge is 0.310 e. The highest BCUT2D eigenvalue weighted by Gasteiger charge is 2.61. The molecule has 0 N–H and O–H groups in total. The standard InChI is InChI=1S/C51H53NS/c1-48(2)23-24-49(3,4)46-40(48)16-11-17-42(46)52(35-21-22-37-36-13-7-8-14-38(36)50(5,6)41(37)30-35)43-18-12-20-45-47(43)51(39-15-9-10-19-44(39)53-45)33-26-31-25-32(28-33)29-34(51)27-31/h7-22,30-34H,23-29H2,1-6H3. The number of rotatable bonds is 3. The zero-order chi connectivity index (χ0) is 36.1. The zero-order valence-corrected chi connectivity index (χ0v) is 33.2. The third kappa shape index (κ3) is 4.34. The second-order valence-corrected chi connectivity index (χ2v) is 20.7. The molecule has 12 rings (SSSR count). The summed E-state index contributed by atoms with van der Waals surface area (Å²) in [6.07, 6.45) is 9.40. The van der Waals surface area contributed by atoms with E-state index in [1.807, 2.05) is 11.8 Å². The lowest BCUT2D eigenvalue weighted by Crippen LogP contribution is -2.57. The molecule has 0 saturated heterocycles. The molecular weight excluding hydrogens is 659 g/mol. The van der Waals surface area contributed by atoms with Crippen LogP contribution in [0.1, 0.15) is 120 Å². The first-order valence-electron chi connectivity index (χ1n) is 20.6. The van der Waals surface area contributed by atoms with Gasteiger partial charge in [-0.1, -0.05) is 120 Å². The monoisotopic (exact) mass is 711 g/mol. The number of anilines is 3. The van der Waals surface area contributed by atoms with Gasteiger partial charge in [-0.15, -0.1) is 0 Å². The summed E-state index contributed by atoms with van der Waals surface area (Å²) in [5.41, 5.74) is 16.2. The third-order valence-corrected chi connectivity index (χ3v) is 16.7. The van der Waals surface area contributed by atoms with Crippen LogP contribution in [0.4, 0.5) is 17.1 Å². The average Bonchev–Trinajstić information content (AvgIpc) is 3.37. The lowest BCUT2D eigenvalue weighted by molar-refractivity contribution is -0.0441. The van der Waals surface area contributed by atoms with E-state index in [2.05, 4.69) is 150 Å². The van der Waals surface area contributed by atoms with Crippen molar-refractivity contribution >= 4 is 28.8 Å². The molecule has 0 amide bonds. The van der Waals surface area contributed by atoms with Gasteiger partial charge in [-0.2, -0.15) is 0 Å². The number of benzene rings is 5. The fourth-order valence-electron chi connectivity index (χ4n) is 13.3.